The van der Waals surface area contributed by atoms with Crippen molar-refractivity contribution in [2.75, 3.05) is 6.61 Å². The second-order valence-electron chi connectivity index (χ2n) is 11.7. The maximum Gasteiger partial charge on any atom is 0.461 e. The minimum Gasteiger partial charge on any atom is -0.405 e. The minimum absolute atomic E-state index is 0.162. The van der Waals surface area contributed by atoms with Crippen molar-refractivity contribution < 1.29 is 14.0 Å². The minimum atomic E-state index is -0.685. The van der Waals surface area contributed by atoms with E-state index in [4.69, 9.17) is 14.0 Å². The molecular weight excluding hydrogens is 479 g/mol. The number of hydrogen-bond acceptors (Lipinski definition) is 3. The molecule has 1 aliphatic heterocycles. The third kappa shape index (κ3) is 7.72. The number of benzene rings is 3. The smallest absolute Gasteiger partial charge is 0.405 e. The maximum absolute atomic E-state index is 6.95. The first-order valence-electron chi connectivity index (χ1n) is 14.7. The van der Waals surface area contributed by atoms with Crippen LogP contribution in [0.2, 0.25) is 6.32 Å². The summed E-state index contributed by atoms with van der Waals surface area (Å²) in [6.45, 7) is 11.8. The molecule has 0 saturated carbocycles. The summed E-state index contributed by atoms with van der Waals surface area (Å²) >= 11 is 0. The van der Waals surface area contributed by atoms with Gasteiger partial charge in [0.15, 0.2) is 0 Å². The Balaban J connectivity index is 1.47. The molecule has 0 bridgehead atoms. The Bertz CT molecular complexity index is 1030. The van der Waals surface area contributed by atoms with Crippen molar-refractivity contribution in [3.63, 3.8) is 0 Å². The Morgan fingerprint density at radius 1 is 0.744 bits per heavy atom. The van der Waals surface area contributed by atoms with Gasteiger partial charge in [0, 0.05) is 6.32 Å². The zero-order valence-corrected chi connectivity index (χ0v) is 24.4. The van der Waals surface area contributed by atoms with Crippen LogP contribution in [0, 0.1) is 11.8 Å². The fourth-order valence-corrected chi connectivity index (χ4v) is 5.59. The van der Waals surface area contributed by atoms with Crippen LogP contribution in [0.1, 0.15) is 70.6 Å². The van der Waals surface area contributed by atoms with Gasteiger partial charge in [0.1, 0.15) is 5.60 Å². The van der Waals surface area contributed by atoms with Gasteiger partial charge in [0.05, 0.1) is 18.8 Å². The molecule has 2 unspecified atom stereocenters. The maximum atomic E-state index is 6.95. The topological polar surface area (TPSA) is 27.7 Å². The molecule has 0 amide bonds. The predicted molar refractivity (Wildman–Crippen MR) is 163 cm³/mol. The van der Waals surface area contributed by atoms with Crippen molar-refractivity contribution in [2.45, 2.75) is 78.0 Å². The van der Waals surface area contributed by atoms with Gasteiger partial charge >= 0.3 is 7.12 Å². The summed E-state index contributed by atoms with van der Waals surface area (Å²) in [5.41, 5.74) is 3.99. The van der Waals surface area contributed by atoms with Gasteiger partial charge in [-0.1, -0.05) is 130 Å². The molecule has 206 valence electrons. The lowest BCUT2D eigenvalue weighted by Crippen LogP contribution is -2.33. The van der Waals surface area contributed by atoms with E-state index in [2.05, 4.69) is 132 Å². The molecule has 3 aromatic carbocycles. The second-order valence-corrected chi connectivity index (χ2v) is 11.7. The molecule has 1 saturated heterocycles. The molecule has 0 aromatic heterocycles. The van der Waals surface area contributed by atoms with Gasteiger partial charge in [-0.25, -0.2) is 0 Å². The van der Waals surface area contributed by atoms with Crippen molar-refractivity contribution >= 4 is 7.12 Å². The Kier molecular flexibility index (Phi) is 10.6. The van der Waals surface area contributed by atoms with Gasteiger partial charge in [0.2, 0.25) is 0 Å². The normalized spacial score (nSPS) is 18.3. The van der Waals surface area contributed by atoms with Gasteiger partial charge in [0.25, 0.3) is 0 Å². The van der Waals surface area contributed by atoms with Crippen LogP contribution < -0.4 is 0 Å². The van der Waals surface area contributed by atoms with Crippen LogP contribution in [0.25, 0.3) is 0 Å². The lowest BCUT2D eigenvalue weighted by molar-refractivity contribution is 0.0148. The van der Waals surface area contributed by atoms with E-state index < -0.39 is 5.60 Å². The first kappa shape index (κ1) is 29.3. The van der Waals surface area contributed by atoms with Crippen molar-refractivity contribution in [3.05, 3.63) is 119 Å². The molecular formula is C35H45BO3. The van der Waals surface area contributed by atoms with Gasteiger partial charge in [-0.2, -0.15) is 0 Å². The van der Waals surface area contributed by atoms with Gasteiger partial charge in [-0.15, -0.1) is 0 Å². The monoisotopic (exact) mass is 524 g/mol. The molecule has 0 N–H and O–H groups in total. The van der Waals surface area contributed by atoms with Crippen LogP contribution in [0.3, 0.4) is 0 Å². The van der Waals surface area contributed by atoms with E-state index in [0.29, 0.717) is 18.4 Å². The standard InChI is InChI=1S/C35H45BO3/c1-27(2)25-33-34(26-28(3)4)39-36(38-33)23-21-29(5)22-24-37-35(30-15-9-6-10-16-30,31-17-11-7-12-18-31)32-19-13-8-14-20-32/h6-21,27-28,33-34H,22-26H2,1-5H3/b29-21+. The summed E-state index contributed by atoms with van der Waals surface area (Å²) in [7, 11) is -0.162. The quantitative estimate of drug-likeness (QED) is 0.127. The lowest BCUT2D eigenvalue weighted by Gasteiger charge is -2.36. The predicted octanol–water partition coefficient (Wildman–Crippen LogP) is 8.70. The van der Waals surface area contributed by atoms with E-state index in [1.165, 1.54) is 5.57 Å². The van der Waals surface area contributed by atoms with E-state index in [-0.39, 0.29) is 19.3 Å². The highest BCUT2D eigenvalue weighted by molar-refractivity contribution is 6.45. The summed E-state index contributed by atoms with van der Waals surface area (Å²) in [5, 5.41) is 0. The number of allylic oxidation sites excluding steroid dienone is 1. The van der Waals surface area contributed by atoms with Gasteiger partial charge in [-0.3, -0.25) is 0 Å². The van der Waals surface area contributed by atoms with Crippen LogP contribution in [-0.2, 0) is 19.6 Å². The Morgan fingerprint density at radius 2 is 1.15 bits per heavy atom. The molecule has 4 heteroatoms. The van der Waals surface area contributed by atoms with Crippen molar-refractivity contribution in [3.8, 4) is 0 Å². The van der Waals surface area contributed by atoms with Crippen LogP contribution in [-0.4, -0.2) is 25.9 Å². The summed E-state index contributed by atoms with van der Waals surface area (Å²) in [6, 6.07) is 31.7. The van der Waals surface area contributed by atoms with Crippen molar-refractivity contribution in [2.24, 2.45) is 11.8 Å². The molecule has 39 heavy (non-hydrogen) atoms. The van der Waals surface area contributed by atoms with E-state index in [1.807, 2.05) is 0 Å². The molecule has 2 atom stereocenters. The average Bonchev–Trinajstić information content (AvgIpc) is 3.31. The number of ether oxygens (including phenoxy) is 1. The van der Waals surface area contributed by atoms with E-state index in [1.54, 1.807) is 0 Å². The fraction of sp³-hybridized carbons (Fsp3) is 0.429. The molecule has 1 fully saturated rings. The first-order chi connectivity index (χ1) is 18.9. The first-order valence-corrected chi connectivity index (χ1v) is 14.7. The van der Waals surface area contributed by atoms with Crippen LogP contribution in [0.5, 0.6) is 0 Å². The highest BCUT2D eigenvalue weighted by Crippen LogP contribution is 2.40. The molecule has 3 aromatic rings. The molecule has 0 aliphatic carbocycles. The second kappa shape index (κ2) is 14.1. The highest BCUT2D eigenvalue weighted by Gasteiger charge is 2.39. The third-order valence-corrected chi connectivity index (χ3v) is 7.49. The van der Waals surface area contributed by atoms with Crippen molar-refractivity contribution in [1.29, 1.82) is 0 Å². The Hall–Kier alpha value is -2.66. The van der Waals surface area contributed by atoms with E-state index in [0.717, 1.165) is 42.3 Å². The van der Waals surface area contributed by atoms with Crippen molar-refractivity contribution in [1.82, 2.24) is 0 Å². The van der Waals surface area contributed by atoms with Gasteiger partial charge < -0.3 is 14.0 Å². The fourth-order valence-electron chi connectivity index (χ4n) is 5.59. The van der Waals surface area contributed by atoms with Crippen LogP contribution in [0.15, 0.2) is 103 Å². The molecule has 1 heterocycles. The van der Waals surface area contributed by atoms with E-state index >= 15 is 0 Å². The molecule has 0 spiro atoms. The summed E-state index contributed by atoms with van der Waals surface area (Å²) in [4.78, 5) is 0. The number of rotatable bonds is 13. The molecule has 4 rings (SSSR count). The highest BCUT2D eigenvalue weighted by atomic mass is 16.7. The average molecular weight is 525 g/mol. The SMILES string of the molecule is C/C(=C\CB1OC(CC(C)C)C(CC(C)C)O1)CCOC(c1ccccc1)(c1ccccc1)c1ccccc1. The van der Waals surface area contributed by atoms with Gasteiger partial charge in [-0.05, 0) is 54.7 Å². The molecule has 1 aliphatic rings. The zero-order valence-electron chi connectivity index (χ0n) is 24.4. The summed E-state index contributed by atoms with van der Waals surface area (Å²) in [5.74, 6) is 1.20. The molecule has 3 nitrogen and oxygen atoms in total. The van der Waals surface area contributed by atoms with Crippen LogP contribution in [0.4, 0.5) is 0 Å². The zero-order chi connectivity index (χ0) is 27.7. The Labute approximate surface area is 236 Å². The Morgan fingerprint density at radius 3 is 1.54 bits per heavy atom. The lowest BCUT2D eigenvalue weighted by atomic mass is 9.80. The van der Waals surface area contributed by atoms with E-state index in [9.17, 15) is 0 Å². The molecule has 0 radical (unpaired) electrons. The largest absolute Gasteiger partial charge is 0.461 e. The third-order valence-electron chi connectivity index (χ3n) is 7.49. The summed E-state index contributed by atoms with van der Waals surface area (Å²) in [6.07, 6.45) is 6.36. The number of hydrogen-bond donors (Lipinski definition) is 0. The summed E-state index contributed by atoms with van der Waals surface area (Å²) < 4.78 is 19.7. The van der Waals surface area contributed by atoms with Crippen LogP contribution >= 0.6 is 0 Å².